The molecule has 0 unspecified atom stereocenters. The van der Waals surface area contributed by atoms with Gasteiger partial charge in [0.2, 0.25) is 23.6 Å². The molecule has 0 spiro atoms. The first-order valence-electron chi connectivity index (χ1n) is 45.8. The molecule has 38 nitrogen and oxygen atoms in total. The van der Waals surface area contributed by atoms with E-state index in [0.717, 1.165) is 33.6 Å². The summed E-state index contributed by atoms with van der Waals surface area (Å²) in [6, 6.07) is 65.5. The first-order chi connectivity index (χ1) is 66.3. The highest BCUT2D eigenvalue weighted by Gasteiger charge is 2.35. The first-order valence-corrected chi connectivity index (χ1v) is 45.8. The summed E-state index contributed by atoms with van der Waals surface area (Å²) < 4.78 is 29.9. The molecule has 0 saturated heterocycles. The smallest absolute Gasteiger partial charge is 0.408 e. The van der Waals surface area contributed by atoms with E-state index in [2.05, 4.69) is 42.5 Å². The SMILES string of the molecule is C.C.CC(C)(C)OC(=O)CC(C)(C)C(=O)NCC(=O)Cc1ccccc1.CC(C)(C)OC(=O)CC(C)(C)C(=O)O.CC(C)(C)OC(=O)NCC(=O)Cc1ccccc1.CC(C)(C)OC(=O)NCC(=O)Nc1ccccc1.CC(C)(C)OC(=O)NCC(=O)O.CC(C)(C)OC(=O)NCC(=O)O.CC(C)(N)C(=O)NCC(=O)Cc1ccccc1.Cl.Cl.NCC(=O)Cc1ccccc1.NCC(=O)Nc1ccccc1.Nc1ccccc1. The number of rotatable bonds is 31. The predicted molar refractivity (Wildman–Crippen MR) is 580 cm³/mol. The van der Waals surface area contributed by atoms with Gasteiger partial charge in [0.05, 0.1) is 61.9 Å². The number of nitrogens with two attached hydrogens (primary N) is 4. The zero-order valence-electron chi connectivity index (χ0n) is 88.5. The number of carboxylic acid groups (broad SMARTS) is 3. The lowest BCUT2D eigenvalue weighted by atomic mass is 9.88. The maximum absolute atomic E-state index is 12.3. The molecular weight excluding hydrogens is 1950 g/mol. The van der Waals surface area contributed by atoms with Gasteiger partial charge in [0.25, 0.3) is 0 Å². The van der Waals surface area contributed by atoms with Gasteiger partial charge in [0, 0.05) is 42.7 Å². The second-order valence-electron chi connectivity index (χ2n) is 39.3. The molecule has 7 aromatic rings. The van der Waals surface area contributed by atoms with Crippen LogP contribution in [0.2, 0.25) is 0 Å². The van der Waals surface area contributed by atoms with Crippen molar-refractivity contribution in [1.82, 2.24) is 31.9 Å². The average Bonchev–Trinajstić information content (AvgIpc) is 0.854. The van der Waals surface area contributed by atoms with Crippen LogP contribution in [-0.2, 0) is 116 Å². The molecule has 0 heterocycles. The van der Waals surface area contributed by atoms with Crippen LogP contribution in [0.15, 0.2) is 212 Å². The summed E-state index contributed by atoms with van der Waals surface area (Å²) in [5.74, 6) is -5.31. The van der Waals surface area contributed by atoms with Crippen molar-refractivity contribution in [2.24, 2.45) is 28.0 Å². The van der Waals surface area contributed by atoms with Crippen LogP contribution < -0.4 is 65.5 Å². The fourth-order valence-corrected chi connectivity index (χ4v) is 9.80. The molecule has 148 heavy (non-hydrogen) atoms. The standard InChI is InChI=1S/C19H27NO4.C14H19NO3.C13H18N2O3.C13H18N2O2.C10H18O4.C9H11NO.C8H10N2O.2C7H13NO4.C6H7N.2CH4.2ClH/c1-18(2,3)24-16(22)12-19(4,5)17(23)20-13-15(21)11-14-9-7-6-8-10-14;1-14(2,3)18-13(17)15-10-12(16)9-11-7-5-4-6-8-11;1-13(2,3)18-12(17)14-9-11(16)15-10-7-5-4-6-8-10;1-13(2,14)12(17)15-9-11(16)8-10-6-4-3-5-7-10;1-9(2,3)14-7(11)6-10(4,5)8(12)13;10-7-9(11)6-8-4-2-1-3-5-8;9-6-8(11)10-7-4-2-1-3-5-7;2*1-7(2,3)12-6(11)8-4-5(9)10;7-6-4-2-1-3-5-6;;;;/h6-10H,11-13H2,1-5H3,(H,20,23);4-8H,9-10H2,1-3H3,(H,15,17);4-8H,9H2,1-3H3,(H,14,17)(H,15,16);3-7H,8-9,14H2,1-2H3,(H,15,17);6H2,1-5H3,(H,12,13);1-5H,6-7,10H2;1-5H,6,9H2,(H,10,11);2*4H2,1-3H3,(H,8,11)(H,9,10);1-5H,7H2;2*1H4;2*1H. The van der Waals surface area contributed by atoms with Gasteiger partial charge in [0.15, 0.2) is 23.1 Å². The third-order valence-electron chi connectivity index (χ3n) is 16.2. The lowest BCUT2D eigenvalue weighted by molar-refractivity contribution is -0.163. The predicted octanol–water partition coefficient (Wildman–Crippen LogP) is 15.5. The number of carbonyl (C=O) groups is 17. The number of halogens is 2. The number of benzene rings is 7. The number of hydrogen-bond donors (Lipinski definition) is 15. The van der Waals surface area contributed by atoms with Crippen LogP contribution in [0.25, 0.3) is 0 Å². The zero-order chi connectivity index (χ0) is 111. The number of hydrogen-bond acceptors (Lipinski definition) is 27. The maximum atomic E-state index is 12.3. The van der Waals surface area contributed by atoms with Crippen molar-refractivity contribution in [1.29, 1.82) is 0 Å². The fraction of sp³-hybridized carbons (Fsp3) is 0.454. The van der Waals surface area contributed by atoms with Crippen molar-refractivity contribution in [2.75, 3.05) is 68.7 Å². The van der Waals surface area contributed by atoms with E-state index in [0.29, 0.717) is 24.9 Å². The van der Waals surface area contributed by atoms with Crippen molar-refractivity contribution in [3.05, 3.63) is 235 Å². The summed E-state index contributed by atoms with van der Waals surface area (Å²) in [6.07, 6.45) is -1.39. The molecule has 0 aliphatic heterocycles. The number of aliphatic carboxylic acids is 3. The van der Waals surface area contributed by atoms with E-state index in [-0.39, 0.29) is 145 Å². The summed E-state index contributed by atoms with van der Waals surface area (Å²) in [4.78, 5) is 190. The number of carboxylic acids is 3. The Morgan fingerprint density at radius 1 is 0.277 bits per heavy atom. The maximum Gasteiger partial charge on any atom is 0.408 e. The van der Waals surface area contributed by atoms with Gasteiger partial charge in [-0.2, -0.15) is 0 Å². The molecule has 826 valence electrons. The summed E-state index contributed by atoms with van der Waals surface area (Å²) in [7, 11) is 0. The Kier molecular flexibility index (Phi) is 74.9. The lowest BCUT2D eigenvalue weighted by Gasteiger charge is -2.25. The van der Waals surface area contributed by atoms with Gasteiger partial charge in [-0.3, -0.25) is 62.3 Å². The minimum Gasteiger partial charge on any atom is -0.481 e. The lowest BCUT2D eigenvalue weighted by Crippen LogP contribution is -2.50. The van der Waals surface area contributed by atoms with Crippen LogP contribution >= 0.6 is 24.8 Å². The van der Waals surface area contributed by atoms with Crippen molar-refractivity contribution < 1.29 is 125 Å². The van der Waals surface area contributed by atoms with Gasteiger partial charge in [-0.15, -0.1) is 24.8 Å². The minimum absolute atomic E-state index is 0. The number of carbonyl (C=O) groups excluding carboxylic acids is 14. The van der Waals surface area contributed by atoms with E-state index in [1.165, 1.54) is 13.8 Å². The van der Waals surface area contributed by atoms with E-state index >= 15 is 0 Å². The van der Waals surface area contributed by atoms with Gasteiger partial charge in [0.1, 0.15) is 53.2 Å². The Morgan fingerprint density at radius 3 is 0.743 bits per heavy atom. The topological polar surface area (TPSA) is 607 Å². The normalized spacial score (nSPS) is 10.5. The molecule has 40 heteroatoms. The molecule has 0 saturated carbocycles. The van der Waals surface area contributed by atoms with Gasteiger partial charge < -0.3 is 109 Å². The second-order valence-corrected chi connectivity index (χ2v) is 39.3. The Balaban J connectivity index is -0.000000302. The number of para-hydroxylation sites is 3. The molecule has 0 radical (unpaired) electrons. The van der Waals surface area contributed by atoms with E-state index in [9.17, 15) is 81.5 Å². The Bertz CT molecular complexity index is 4880. The fourth-order valence-electron chi connectivity index (χ4n) is 9.80. The van der Waals surface area contributed by atoms with Gasteiger partial charge in [-0.1, -0.05) is 205 Å². The molecule has 19 N–H and O–H groups in total. The van der Waals surface area contributed by atoms with Crippen LogP contribution in [0.3, 0.4) is 0 Å². The van der Waals surface area contributed by atoms with Crippen LogP contribution in [0.4, 0.5) is 36.2 Å². The van der Waals surface area contributed by atoms with Crippen molar-refractivity contribution in [3.63, 3.8) is 0 Å². The van der Waals surface area contributed by atoms with Crippen molar-refractivity contribution in [2.45, 2.75) is 259 Å². The van der Waals surface area contributed by atoms with Crippen LogP contribution in [0.1, 0.15) is 216 Å². The third kappa shape index (κ3) is 90.5. The Morgan fingerprint density at radius 2 is 0.507 bits per heavy atom. The number of ether oxygens (including phenoxy) is 6. The Hall–Kier alpha value is -14.2. The van der Waals surface area contributed by atoms with Crippen LogP contribution in [-0.4, -0.2) is 208 Å². The average molecular weight is 2120 g/mol. The van der Waals surface area contributed by atoms with Crippen LogP contribution in [0.5, 0.6) is 0 Å². The minimum atomic E-state index is -1.10. The molecule has 0 atom stereocenters. The highest BCUT2D eigenvalue weighted by atomic mass is 35.5. The largest absolute Gasteiger partial charge is 0.481 e. The number of anilines is 3. The number of esters is 2. The molecule has 0 aromatic heterocycles. The summed E-state index contributed by atoms with van der Waals surface area (Å²) in [5, 5.41) is 44.6. The van der Waals surface area contributed by atoms with Gasteiger partial charge >= 0.3 is 54.2 Å². The monoisotopic (exact) mass is 2120 g/mol. The summed E-state index contributed by atoms with van der Waals surface area (Å²) in [5.41, 5.74) is 20.9. The number of amides is 8. The quantitative estimate of drug-likeness (QED) is 0.0109. The van der Waals surface area contributed by atoms with E-state index in [4.69, 9.17) is 66.7 Å². The molecule has 7 rings (SSSR count). The Labute approximate surface area is 885 Å². The molecule has 0 aliphatic carbocycles. The van der Waals surface area contributed by atoms with E-state index in [1.54, 1.807) is 164 Å². The number of Topliss-reactive ketones (excluding diaryl/α,β-unsaturated/α-hetero) is 4. The number of nitrogens with one attached hydrogen (secondary N) is 8. The number of nitrogen functional groups attached to an aromatic ring is 1. The third-order valence-corrected chi connectivity index (χ3v) is 16.2. The first kappa shape index (κ1) is 147. The second kappa shape index (κ2) is 75.5. The van der Waals surface area contributed by atoms with E-state index in [1.807, 2.05) is 200 Å². The molecule has 7 aromatic carbocycles. The molecule has 8 amide bonds. The van der Waals surface area contributed by atoms with Crippen molar-refractivity contribution >= 4 is 143 Å². The molecule has 0 bridgehead atoms. The highest BCUT2D eigenvalue weighted by Crippen LogP contribution is 2.25. The van der Waals surface area contributed by atoms with Crippen LogP contribution in [0, 0.1) is 10.8 Å². The molecule has 0 fully saturated rings. The summed E-state index contributed by atoms with van der Waals surface area (Å²) >= 11 is 0. The van der Waals surface area contributed by atoms with Gasteiger partial charge in [-0.05, 0) is 211 Å². The zero-order valence-corrected chi connectivity index (χ0v) is 90.1. The van der Waals surface area contributed by atoms with Crippen molar-refractivity contribution in [3.8, 4) is 0 Å². The van der Waals surface area contributed by atoms with Gasteiger partial charge in [-0.25, -0.2) is 19.2 Å². The number of ketones is 4. The molecular formula is C108H164Cl2N12O26. The number of alkyl carbamates (subject to hydrolysis) is 4. The van der Waals surface area contributed by atoms with E-state index < -0.39 is 117 Å². The molecule has 0 aliphatic rings. The summed E-state index contributed by atoms with van der Waals surface area (Å²) in [6.45, 7) is 40.1. The highest BCUT2D eigenvalue weighted by molar-refractivity contribution is 5.95.